The molecule has 1 rings (SSSR count). The van der Waals surface area contributed by atoms with E-state index in [1.54, 1.807) is 0 Å². The number of nitrogens with zero attached hydrogens (tertiary/aromatic N) is 1. The first-order chi connectivity index (χ1) is 7.38. The van der Waals surface area contributed by atoms with Gasteiger partial charge in [-0.1, -0.05) is 26.2 Å². The van der Waals surface area contributed by atoms with Crippen molar-refractivity contribution in [2.24, 2.45) is 0 Å². The second-order valence-electron chi connectivity index (χ2n) is 4.76. The minimum Gasteiger partial charge on any atom is -0.300 e. The molecule has 0 spiro atoms. The van der Waals surface area contributed by atoms with E-state index in [1.165, 1.54) is 64.5 Å². The van der Waals surface area contributed by atoms with Crippen LogP contribution in [0.15, 0.2) is 0 Å². The van der Waals surface area contributed by atoms with Gasteiger partial charge in [0.2, 0.25) is 0 Å². The molecule has 0 aliphatic carbocycles. The molecule has 15 heavy (non-hydrogen) atoms. The second-order valence-corrected chi connectivity index (χ2v) is 5.21. The zero-order valence-electron chi connectivity index (χ0n) is 10.2. The van der Waals surface area contributed by atoms with Crippen molar-refractivity contribution in [2.75, 3.05) is 18.8 Å². The maximum atomic E-state index is 4.26. The van der Waals surface area contributed by atoms with E-state index in [9.17, 15) is 0 Å². The van der Waals surface area contributed by atoms with Crippen molar-refractivity contribution < 1.29 is 0 Å². The van der Waals surface area contributed by atoms with Crippen LogP contribution in [0.2, 0.25) is 0 Å². The van der Waals surface area contributed by atoms with E-state index in [2.05, 4.69) is 24.5 Å². The summed E-state index contributed by atoms with van der Waals surface area (Å²) >= 11 is 4.26. The van der Waals surface area contributed by atoms with Crippen molar-refractivity contribution in [1.29, 1.82) is 0 Å². The van der Waals surface area contributed by atoms with E-state index in [4.69, 9.17) is 0 Å². The standard InChI is InChI=1S/C13H27NS/c1-2-8-13-9-4-6-11-14(13)10-5-3-7-12-15/h13,15H,2-12H2,1H3. The van der Waals surface area contributed by atoms with Crippen molar-refractivity contribution in [3.8, 4) is 0 Å². The molecule has 0 aromatic rings. The van der Waals surface area contributed by atoms with E-state index in [0.29, 0.717) is 0 Å². The van der Waals surface area contributed by atoms with Gasteiger partial charge in [0.05, 0.1) is 0 Å². The molecule has 1 heterocycles. The zero-order chi connectivity index (χ0) is 10.9. The van der Waals surface area contributed by atoms with Crippen LogP contribution in [-0.4, -0.2) is 29.8 Å². The van der Waals surface area contributed by atoms with Crippen molar-refractivity contribution in [3.63, 3.8) is 0 Å². The Kier molecular flexibility index (Phi) is 7.54. The molecule has 0 amide bonds. The number of unbranched alkanes of at least 4 members (excludes halogenated alkanes) is 2. The summed E-state index contributed by atoms with van der Waals surface area (Å²) < 4.78 is 0. The molecule has 2 heteroatoms. The van der Waals surface area contributed by atoms with Gasteiger partial charge >= 0.3 is 0 Å². The van der Waals surface area contributed by atoms with Crippen LogP contribution >= 0.6 is 12.6 Å². The van der Waals surface area contributed by atoms with Gasteiger partial charge in [-0.3, -0.25) is 0 Å². The summed E-state index contributed by atoms with van der Waals surface area (Å²) in [5.74, 6) is 1.05. The van der Waals surface area contributed by atoms with Crippen LogP contribution in [0, 0.1) is 0 Å². The molecule has 0 aromatic heterocycles. The average Bonchev–Trinajstić information content (AvgIpc) is 2.27. The van der Waals surface area contributed by atoms with Crippen molar-refractivity contribution in [3.05, 3.63) is 0 Å². The Bertz CT molecular complexity index is 147. The van der Waals surface area contributed by atoms with Crippen molar-refractivity contribution in [1.82, 2.24) is 4.90 Å². The van der Waals surface area contributed by atoms with Crippen molar-refractivity contribution >= 4 is 12.6 Å². The molecule has 90 valence electrons. The van der Waals surface area contributed by atoms with Gasteiger partial charge in [0.15, 0.2) is 0 Å². The van der Waals surface area contributed by atoms with Gasteiger partial charge in [-0.15, -0.1) is 0 Å². The first-order valence-electron chi connectivity index (χ1n) is 6.73. The maximum absolute atomic E-state index is 4.26. The molecule has 0 aromatic carbocycles. The van der Waals surface area contributed by atoms with Crippen LogP contribution in [0.4, 0.5) is 0 Å². The molecule has 1 aliphatic heterocycles. The van der Waals surface area contributed by atoms with E-state index in [1.807, 2.05) is 0 Å². The minimum absolute atomic E-state index is 0.903. The van der Waals surface area contributed by atoms with Crippen LogP contribution in [0.5, 0.6) is 0 Å². The maximum Gasteiger partial charge on any atom is 0.00951 e. The minimum atomic E-state index is 0.903. The van der Waals surface area contributed by atoms with Gasteiger partial charge in [-0.2, -0.15) is 12.6 Å². The molecule has 0 radical (unpaired) electrons. The third-order valence-corrected chi connectivity index (χ3v) is 3.79. The number of hydrogen-bond acceptors (Lipinski definition) is 2. The fraction of sp³-hybridized carbons (Fsp3) is 1.00. The summed E-state index contributed by atoms with van der Waals surface area (Å²) in [6, 6.07) is 0.903. The largest absolute Gasteiger partial charge is 0.300 e. The van der Waals surface area contributed by atoms with Crippen LogP contribution in [-0.2, 0) is 0 Å². The fourth-order valence-electron chi connectivity index (χ4n) is 2.62. The topological polar surface area (TPSA) is 3.24 Å². The van der Waals surface area contributed by atoms with Crippen LogP contribution in [0.3, 0.4) is 0 Å². The van der Waals surface area contributed by atoms with Gasteiger partial charge in [0.1, 0.15) is 0 Å². The number of rotatable bonds is 7. The molecule has 0 N–H and O–H groups in total. The Hall–Kier alpha value is 0.310. The fourth-order valence-corrected chi connectivity index (χ4v) is 2.84. The molecule has 1 saturated heterocycles. The molecule has 0 saturated carbocycles. The predicted octanol–water partition coefficient (Wildman–Crippen LogP) is 3.74. The summed E-state index contributed by atoms with van der Waals surface area (Å²) in [7, 11) is 0. The molecule has 0 bridgehead atoms. The first-order valence-corrected chi connectivity index (χ1v) is 7.36. The first kappa shape index (κ1) is 13.4. The Balaban J connectivity index is 2.17. The van der Waals surface area contributed by atoms with Crippen LogP contribution < -0.4 is 0 Å². The SMILES string of the molecule is CCCC1CCCCN1CCCCCS. The lowest BCUT2D eigenvalue weighted by Crippen LogP contribution is -2.39. The normalized spacial score (nSPS) is 23.2. The Morgan fingerprint density at radius 1 is 1.20 bits per heavy atom. The molecule has 1 nitrogen and oxygen atoms in total. The van der Waals surface area contributed by atoms with Gasteiger partial charge in [0, 0.05) is 6.04 Å². The smallest absolute Gasteiger partial charge is 0.00951 e. The number of thiol groups is 1. The zero-order valence-corrected chi connectivity index (χ0v) is 11.1. The van der Waals surface area contributed by atoms with E-state index in [0.717, 1.165) is 11.8 Å². The van der Waals surface area contributed by atoms with Gasteiger partial charge in [-0.05, 0) is 50.9 Å². The highest BCUT2D eigenvalue weighted by Crippen LogP contribution is 2.21. The summed E-state index contributed by atoms with van der Waals surface area (Å²) in [5, 5.41) is 0. The van der Waals surface area contributed by atoms with E-state index >= 15 is 0 Å². The quantitative estimate of drug-likeness (QED) is 0.514. The molecule has 1 unspecified atom stereocenters. The van der Waals surface area contributed by atoms with E-state index in [-0.39, 0.29) is 0 Å². The molecular weight excluding hydrogens is 202 g/mol. The van der Waals surface area contributed by atoms with Crippen molar-refractivity contribution in [2.45, 2.75) is 64.3 Å². The second kappa shape index (κ2) is 8.46. The lowest BCUT2D eigenvalue weighted by atomic mass is 9.98. The summed E-state index contributed by atoms with van der Waals surface area (Å²) in [5.41, 5.74) is 0. The summed E-state index contributed by atoms with van der Waals surface area (Å²) in [6.45, 7) is 5.00. The third-order valence-electron chi connectivity index (χ3n) is 3.47. The van der Waals surface area contributed by atoms with Gasteiger partial charge < -0.3 is 4.90 Å². The molecule has 1 atom stereocenters. The number of likely N-dealkylation sites (tertiary alicyclic amines) is 1. The van der Waals surface area contributed by atoms with E-state index < -0.39 is 0 Å². The highest BCUT2D eigenvalue weighted by Gasteiger charge is 2.20. The molecule has 1 aliphatic rings. The third kappa shape index (κ3) is 5.26. The lowest BCUT2D eigenvalue weighted by molar-refractivity contribution is 0.137. The summed E-state index contributed by atoms with van der Waals surface area (Å²) in [4.78, 5) is 2.74. The number of hydrogen-bond donors (Lipinski definition) is 1. The Labute approximate surface area is 101 Å². The van der Waals surface area contributed by atoms with Crippen LogP contribution in [0.1, 0.15) is 58.3 Å². The molecule has 1 fully saturated rings. The highest BCUT2D eigenvalue weighted by atomic mass is 32.1. The number of piperidine rings is 1. The Morgan fingerprint density at radius 2 is 2.07 bits per heavy atom. The molecular formula is C13H27NS. The monoisotopic (exact) mass is 229 g/mol. The van der Waals surface area contributed by atoms with Gasteiger partial charge in [0.25, 0.3) is 0 Å². The lowest BCUT2D eigenvalue weighted by Gasteiger charge is -2.35. The van der Waals surface area contributed by atoms with Gasteiger partial charge in [-0.25, -0.2) is 0 Å². The predicted molar refractivity (Wildman–Crippen MR) is 71.8 cm³/mol. The highest BCUT2D eigenvalue weighted by molar-refractivity contribution is 7.80. The average molecular weight is 229 g/mol. The summed E-state index contributed by atoms with van der Waals surface area (Å²) in [6.07, 6.45) is 11.1. The Morgan fingerprint density at radius 3 is 2.80 bits per heavy atom. The van der Waals surface area contributed by atoms with Crippen LogP contribution in [0.25, 0.3) is 0 Å².